The first-order chi connectivity index (χ1) is 18.8. The molecule has 0 aromatic heterocycles. The maximum atomic E-state index is 14.4. The smallest absolute Gasteiger partial charge is 0.254 e. The number of hydrogen-bond acceptors (Lipinski definition) is 5. The number of para-hydroxylation sites is 1. The minimum atomic E-state index is -0.896. The van der Waals surface area contributed by atoms with Crippen LogP contribution in [0.3, 0.4) is 0 Å². The molecule has 0 fully saturated rings. The first kappa shape index (κ1) is 26.2. The van der Waals surface area contributed by atoms with Gasteiger partial charge >= 0.3 is 0 Å². The van der Waals surface area contributed by atoms with Crippen molar-refractivity contribution in [2.75, 3.05) is 19.5 Å². The quantitative estimate of drug-likeness (QED) is 0.410. The molecule has 0 radical (unpaired) electrons. The van der Waals surface area contributed by atoms with Crippen molar-refractivity contribution in [1.82, 2.24) is 5.32 Å². The minimum Gasteiger partial charge on any atom is -0.493 e. The van der Waals surface area contributed by atoms with Crippen LogP contribution in [0.4, 0.5) is 14.5 Å². The van der Waals surface area contributed by atoms with Gasteiger partial charge in [0.2, 0.25) is 0 Å². The summed E-state index contributed by atoms with van der Waals surface area (Å²) < 4.78 is 39.7. The molecule has 0 saturated carbocycles. The topological polar surface area (TPSA) is 76.7 Å². The number of benzene rings is 3. The molecule has 1 amide bonds. The summed E-state index contributed by atoms with van der Waals surface area (Å²) in [6.45, 7) is 1.72. The van der Waals surface area contributed by atoms with Crippen LogP contribution in [-0.2, 0) is 9.59 Å². The molecule has 2 unspecified atom stereocenters. The van der Waals surface area contributed by atoms with Gasteiger partial charge in [-0.1, -0.05) is 42.5 Å². The van der Waals surface area contributed by atoms with E-state index in [-0.39, 0.29) is 23.7 Å². The Kier molecular flexibility index (Phi) is 7.19. The average Bonchev–Trinajstić information content (AvgIpc) is 2.94. The number of carbonyl (C=O) groups excluding carboxylic acids is 2. The van der Waals surface area contributed by atoms with Crippen molar-refractivity contribution in [1.29, 1.82) is 0 Å². The Morgan fingerprint density at radius 3 is 2.26 bits per heavy atom. The van der Waals surface area contributed by atoms with Gasteiger partial charge in [0.25, 0.3) is 5.91 Å². The van der Waals surface area contributed by atoms with Gasteiger partial charge in [-0.2, -0.15) is 0 Å². The number of nitrogens with one attached hydrogen (secondary N) is 2. The van der Waals surface area contributed by atoms with Crippen LogP contribution >= 0.6 is 0 Å². The molecule has 1 aliphatic heterocycles. The first-order valence-corrected chi connectivity index (χ1v) is 12.6. The van der Waals surface area contributed by atoms with Crippen molar-refractivity contribution in [3.8, 4) is 11.5 Å². The number of hydrogen-bond donors (Lipinski definition) is 2. The van der Waals surface area contributed by atoms with Crippen LogP contribution in [0, 0.1) is 11.6 Å². The molecule has 3 aromatic rings. The summed E-state index contributed by atoms with van der Waals surface area (Å²) >= 11 is 0. The molecule has 2 aliphatic rings. The van der Waals surface area contributed by atoms with E-state index in [0.717, 1.165) is 23.4 Å². The molecule has 0 saturated heterocycles. The van der Waals surface area contributed by atoms with Gasteiger partial charge < -0.3 is 20.1 Å². The molecule has 3 aromatic carbocycles. The summed E-state index contributed by atoms with van der Waals surface area (Å²) in [7, 11) is 3.02. The largest absolute Gasteiger partial charge is 0.493 e. The van der Waals surface area contributed by atoms with Crippen molar-refractivity contribution in [3.63, 3.8) is 0 Å². The van der Waals surface area contributed by atoms with Gasteiger partial charge in [0.05, 0.1) is 14.2 Å². The summed E-state index contributed by atoms with van der Waals surface area (Å²) in [5.74, 6) is -2.51. The van der Waals surface area contributed by atoms with Crippen molar-refractivity contribution >= 4 is 17.4 Å². The lowest BCUT2D eigenvalue weighted by molar-refractivity contribution is -0.116. The van der Waals surface area contributed by atoms with Gasteiger partial charge in [-0.05, 0) is 54.7 Å². The molecule has 2 atom stereocenters. The third-order valence-corrected chi connectivity index (χ3v) is 7.29. The van der Waals surface area contributed by atoms with Gasteiger partial charge in [0, 0.05) is 34.9 Å². The van der Waals surface area contributed by atoms with Crippen molar-refractivity contribution in [2.24, 2.45) is 0 Å². The van der Waals surface area contributed by atoms with E-state index in [2.05, 4.69) is 10.6 Å². The van der Waals surface area contributed by atoms with Crippen LogP contribution < -0.4 is 20.1 Å². The fourth-order valence-corrected chi connectivity index (χ4v) is 5.46. The van der Waals surface area contributed by atoms with Gasteiger partial charge in [-0.15, -0.1) is 0 Å². The Labute approximate surface area is 225 Å². The Hall–Kier alpha value is -4.46. The summed E-state index contributed by atoms with van der Waals surface area (Å²) in [4.78, 5) is 27.5. The monoisotopic (exact) mass is 530 g/mol. The third-order valence-electron chi connectivity index (χ3n) is 7.29. The number of ketones is 1. The third kappa shape index (κ3) is 4.90. The highest BCUT2D eigenvalue weighted by Crippen LogP contribution is 2.47. The number of methoxy groups -OCH3 is 2. The molecular formula is C31H28F2N2O4. The lowest BCUT2D eigenvalue weighted by Crippen LogP contribution is -2.37. The second-order valence-corrected chi connectivity index (χ2v) is 9.59. The van der Waals surface area contributed by atoms with Crippen LogP contribution in [0.2, 0.25) is 0 Å². The zero-order valence-electron chi connectivity index (χ0n) is 21.8. The van der Waals surface area contributed by atoms with E-state index in [1.54, 1.807) is 25.1 Å². The number of halogens is 2. The summed E-state index contributed by atoms with van der Waals surface area (Å²) in [6.07, 6.45) is 0.841. The fraction of sp³-hybridized carbons (Fsp3) is 0.226. The number of anilines is 1. The van der Waals surface area contributed by atoms with Crippen LogP contribution in [0.5, 0.6) is 11.5 Å². The summed E-state index contributed by atoms with van der Waals surface area (Å²) in [5, 5.41) is 5.68. The van der Waals surface area contributed by atoms with Crippen LogP contribution in [-0.4, -0.2) is 25.9 Å². The molecule has 6 nitrogen and oxygen atoms in total. The van der Waals surface area contributed by atoms with E-state index >= 15 is 0 Å². The number of ether oxygens (including phenoxy) is 2. The molecule has 5 rings (SSSR count). The van der Waals surface area contributed by atoms with E-state index in [4.69, 9.17) is 9.47 Å². The highest BCUT2D eigenvalue weighted by atomic mass is 19.1. The lowest BCUT2D eigenvalue weighted by Gasteiger charge is -2.37. The predicted octanol–water partition coefficient (Wildman–Crippen LogP) is 5.98. The molecule has 0 bridgehead atoms. The van der Waals surface area contributed by atoms with Crippen LogP contribution in [0.25, 0.3) is 0 Å². The van der Waals surface area contributed by atoms with Crippen molar-refractivity contribution in [2.45, 2.75) is 31.6 Å². The molecule has 1 heterocycles. The Morgan fingerprint density at radius 2 is 1.59 bits per heavy atom. The van der Waals surface area contributed by atoms with Gasteiger partial charge in [-0.3, -0.25) is 9.59 Å². The highest BCUT2D eigenvalue weighted by molar-refractivity contribution is 6.10. The average molecular weight is 531 g/mol. The van der Waals surface area contributed by atoms with E-state index in [9.17, 15) is 18.4 Å². The molecule has 0 spiro atoms. The molecule has 200 valence electrons. The Morgan fingerprint density at radius 1 is 0.897 bits per heavy atom. The molecule has 8 heteroatoms. The summed E-state index contributed by atoms with van der Waals surface area (Å²) in [5.41, 5.74) is 2.99. The Bertz CT molecular complexity index is 1490. The number of rotatable bonds is 6. The standard InChI is InChI=1S/C31H28F2N2O4/c1-17-27(31(37)35-30-21(32)10-7-11-22(30)33)28(19-12-13-25(38-2)26(16-19)39-3)29-23(34-17)14-20(15-24(29)36)18-8-5-4-6-9-18/h4-13,16,20,28,34H,14-15H2,1-3H3,(H,35,37). The van der Waals surface area contributed by atoms with E-state index in [0.29, 0.717) is 34.8 Å². The highest BCUT2D eigenvalue weighted by Gasteiger charge is 2.41. The molecule has 1 aliphatic carbocycles. The second-order valence-electron chi connectivity index (χ2n) is 9.59. The zero-order chi connectivity index (χ0) is 27.7. The number of allylic oxidation sites excluding steroid dienone is 3. The Balaban J connectivity index is 1.62. The van der Waals surface area contributed by atoms with Gasteiger partial charge in [0.1, 0.15) is 17.3 Å². The number of amides is 1. The van der Waals surface area contributed by atoms with E-state index < -0.39 is 29.1 Å². The van der Waals surface area contributed by atoms with Gasteiger partial charge in [0.15, 0.2) is 17.3 Å². The first-order valence-electron chi connectivity index (χ1n) is 12.6. The molecule has 39 heavy (non-hydrogen) atoms. The summed E-state index contributed by atoms with van der Waals surface area (Å²) in [6, 6.07) is 18.4. The number of dihydropyridines is 1. The fourth-order valence-electron chi connectivity index (χ4n) is 5.46. The van der Waals surface area contributed by atoms with Crippen LogP contribution in [0.15, 0.2) is 89.3 Å². The number of carbonyl (C=O) groups is 2. The predicted molar refractivity (Wildman–Crippen MR) is 144 cm³/mol. The lowest BCUT2D eigenvalue weighted by atomic mass is 9.71. The normalized spacial score (nSPS) is 18.8. The molecular weight excluding hydrogens is 502 g/mol. The zero-order valence-corrected chi connectivity index (χ0v) is 21.8. The van der Waals surface area contributed by atoms with Crippen molar-refractivity contribution in [3.05, 3.63) is 112 Å². The van der Waals surface area contributed by atoms with E-state index in [1.807, 2.05) is 30.3 Å². The molecule has 2 N–H and O–H groups in total. The maximum absolute atomic E-state index is 14.4. The van der Waals surface area contributed by atoms with E-state index in [1.165, 1.54) is 20.3 Å². The maximum Gasteiger partial charge on any atom is 0.254 e. The minimum absolute atomic E-state index is 0.0216. The SMILES string of the molecule is COc1ccc(C2C(C(=O)Nc3c(F)cccc3F)=C(C)NC3=C2C(=O)CC(c2ccccc2)C3)cc1OC. The van der Waals surface area contributed by atoms with Gasteiger partial charge in [-0.25, -0.2) is 8.78 Å². The van der Waals surface area contributed by atoms with Crippen LogP contribution in [0.1, 0.15) is 42.7 Å². The number of Topliss-reactive ketones (excluding diaryl/α,β-unsaturated/α-hetero) is 1. The van der Waals surface area contributed by atoms with Crippen molar-refractivity contribution < 1.29 is 27.8 Å². The second kappa shape index (κ2) is 10.7.